The lowest BCUT2D eigenvalue weighted by Crippen LogP contribution is -2.39. The average molecular weight is 274 g/mol. The van der Waals surface area contributed by atoms with E-state index < -0.39 is 0 Å². The van der Waals surface area contributed by atoms with Crippen molar-refractivity contribution < 1.29 is 4.79 Å². The molecule has 0 heterocycles. The fraction of sp³-hybridized carbons (Fsp3) is 0.917. The van der Waals surface area contributed by atoms with Crippen molar-refractivity contribution in [3.63, 3.8) is 0 Å². The van der Waals surface area contributed by atoms with Crippen LogP contribution in [0.3, 0.4) is 0 Å². The van der Waals surface area contributed by atoms with Crippen molar-refractivity contribution in [3.8, 4) is 0 Å². The summed E-state index contributed by atoms with van der Waals surface area (Å²) in [5.41, 5.74) is 0.261. The molecule has 1 N–H and O–H groups in total. The van der Waals surface area contributed by atoms with Crippen LogP contribution >= 0.6 is 15.9 Å². The highest BCUT2D eigenvalue weighted by molar-refractivity contribution is 9.09. The number of amides is 1. The van der Waals surface area contributed by atoms with Gasteiger partial charge in [0.1, 0.15) is 0 Å². The minimum atomic E-state index is 0.261. The van der Waals surface area contributed by atoms with Crippen LogP contribution in [0, 0.1) is 11.3 Å². The van der Waals surface area contributed by atoms with Crippen LogP contribution in [0.15, 0.2) is 0 Å². The first-order valence-electron chi connectivity index (χ1n) is 5.93. The lowest BCUT2D eigenvalue weighted by molar-refractivity contribution is -0.123. The molecule has 86 valence electrons. The summed E-state index contributed by atoms with van der Waals surface area (Å²) < 4.78 is 0. The van der Waals surface area contributed by atoms with Gasteiger partial charge in [-0.15, -0.1) is 0 Å². The smallest absolute Gasteiger partial charge is 0.223 e. The molecule has 0 aromatic heterocycles. The van der Waals surface area contributed by atoms with Gasteiger partial charge < -0.3 is 5.32 Å². The summed E-state index contributed by atoms with van der Waals surface area (Å²) in [6, 6.07) is 0.433. The molecule has 3 heteroatoms. The summed E-state index contributed by atoms with van der Waals surface area (Å²) >= 11 is 3.63. The van der Waals surface area contributed by atoms with E-state index in [9.17, 15) is 4.79 Å². The lowest BCUT2D eigenvalue weighted by Gasteiger charge is -2.26. The van der Waals surface area contributed by atoms with Crippen LogP contribution in [-0.4, -0.2) is 16.8 Å². The topological polar surface area (TPSA) is 29.1 Å². The Hall–Kier alpha value is -0.0500. The average Bonchev–Trinajstić information content (AvgIpc) is 2.79. The van der Waals surface area contributed by atoms with Gasteiger partial charge in [-0.05, 0) is 37.5 Å². The van der Waals surface area contributed by atoms with E-state index in [1.807, 2.05) is 0 Å². The first-order valence-corrected chi connectivity index (χ1v) is 6.85. The Morgan fingerprint density at radius 2 is 1.80 bits per heavy atom. The van der Waals surface area contributed by atoms with E-state index in [2.05, 4.69) is 35.1 Å². The van der Waals surface area contributed by atoms with Gasteiger partial charge in [-0.3, -0.25) is 4.79 Å². The molecule has 0 aliphatic heterocycles. The molecule has 2 fully saturated rings. The third-order valence-corrected chi connectivity index (χ3v) is 4.75. The van der Waals surface area contributed by atoms with E-state index in [4.69, 9.17) is 0 Å². The van der Waals surface area contributed by atoms with E-state index in [1.54, 1.807) is 0 Å². The predicted octanol–water partition coefficient (Wildman–Crippen LogP) is 2.85. The molecule has 0 aromatic rings. The largest absolute Gasteiger partial charge is 0.353 e. The summed E-state index contributed by atoms with van der Waals surface area (Å²) in [5, 5.41) is 3.20. The Bertz CT molecular complexity index is 256. The maximum absolute atomic E-state index is 11.8. The van der Waals surface area contributed by atoms with Gasteiger partial charge in [-0.25, -0.2) is 0 Å². The molecule has 2 nitrogen and oxygen atoms in total. The van der Waals surface area contributed by atoms with Crippen LogP contribution in [0.2, 0.25) is 0 Å². The Morgan fingerprint density at radius 3 is 2.27 bits per heavy atom. The van der Waals surface area contributed by atoms with E-state index in [-0.39, 0.29) is 17.2 Å². The number of halogens is 1. The second-order valence-corrected chi connectivity index (χ2v) is 7.00. The second-order valence-electron chi connectivity index (χ2n) is 5.70. The molecule has 2 aliphatic rings. The number of carbonyl (C=O) groups excluding carboxylic acids is 1. The molecule has 1 unspecified atom stereocenters. The van der Waals surface area contributed by atoms with Crippen molar-refractivity contribution in [1.82, 2.24) is 5.32 Å². The van der Waals surface area contributed by atoms with Gasteiger partial charge in [-0.2, -0.15) is 0 Å². The minimum absolute atomic E-state index is 0.261. The predicted molar refractivity (Wildman–Crippen MR) is 65.0 cm³/mol. The van der Waals surface area contributed by atoms with E-state index >= 15 is 0 Å². The van der Waals surface area contributed by atoms with Crippen molar-refractivity contribution in [2.45, 2.75) is 56.8 Å². The molecular formula is C12H20BrNO. The van der Waals surface area contributed by atoms with Crippen LogP contribution in [0.5, 0.6) is 0 Å². The van der Waals surface area contributed by atoms with E-state index in [0.29, 0.717) is 10.9 Å². The van der Waals surface area contributed by atoms with Crippen LogP contribution in [-0.2, 0) is 4.79 Å². The standard InChI is InChI=1S/C12H20BrNO/c1-12(2)7-10(12)11(15)14-9-5-3-8(13)4-6-9/h8-10H,3-7H2,1-2H3,(H,14,15). The molecule has 2 saturated carbocycles. The first-order chi connectivity index (χ1) is 6.99. The zero-order chi connectivity index (χ0) is 11.1. The molecule has 1 amide bonds. The zero-order valence-electron chi connectivity index (χ0n) is 9.55. The molecule has 0 spiro atoms. The second kappa shape index (κ2) is 4.08. The van der Waals surface area contributed by atoms with Crippen molar-refractivity contribution in [2.75, 3.05) is 0 Å². The quantitative estimate of drug-likeness (QED) is 0.771. The molecule has 2 aliphatic carbocycles. The zero-order valence-corrected chi connectivity index (χ0v) is 11.1. The molecule has 0 radical (unpaired) electrons. The van der Waals surface area contributed by atoms with Crippen LogP contribution < -0.4 is 5.32 Å². The molecule has 0 saturated heterocycles. The third-order valence-electron chi connectivity index (χ3n) is 3.83. The summed E-state index contributed by atoms with van der Waals surface area (Å²) in [7, 11) is 0. The maximum Gasteiger partial charge on any atom is 0.223 e. The van der Waals surface area contributed by atoms with Gasteiger partial charge in [0, 0.05) is 16.8 Å². The molecule has 2 rings (SSSR count). The molecular weight excluding hydrogens is 254 g/mol. The number of hydrogen-bond acceptors (Lipinski definition) is 1. The minimum Gasteiger partial charge on any atom is -0.353 e. The van der Waals surface area contributed by atoms with Crippen molar-refractivity contribution >= 4 is 21.8 Å². The first kappa shape index (κ1) is 11.4. The number of alkyl halides is 1. The lowest BCUT2D eigenvalue weighted by atomic mass is 9.95. The molecule has 0 aromatic carbocycles. The van der Waals surface area contributed by atoms with Gasteiger partial charge in [0.05, 0.1) is 0 Å². The number of hydrogen-bond donors (Lipinski definition) is 1. The summed E-state index contributed by atoms with van der Waals surface area (Å²) in [4.78, 5) is 12.5. The summed E-state index contributed by atoms with van der Waals surface area (Å²) in [6.45, 7) is 4.35. The highest BCUT2D eigenvalue weighted by Gasteiger charge is 2.50. The summed E-state index contributed by atoms with van der Waals surface area (Å²) in [5.74, 6) is 0.567. The normalized spacial score (nSPS) is 38.5. The van der Waals surface area contributed by atoms with Crippen LogP contribution in [0.4, 0.5) is 0 Å². The summed E-state index contributed by atoms with van der Waals surface area (Å²) in [6.07, 6.45) is 5.72. The van der Waals surface area contributed by atoms with Gasteiger partial charge in [0.25, 0.3) is 0 Å². The fourth-order valence-corrected chi connectivity index (χ4v) is 2.94. The fourth-order valence-electron chi connectivity index (χ4n) is 2.41. The maximum atomic E-state index is 11.8. The number of nitrogens with one attached hydrogen (secondary N) is 1. The van der Waals surface area contributed by atoms with E-state index in [1.165, 1.54) is 12.8 Å². The Balaban J connectivity index is 1.76. The van der Waals surface area contributed by atoms with Crippen molar-refractivity contribution in [1.29, 1.82) is 0 Å². The van der Waals surface area contributed by atoms with Gasteiger partial charge in [0.2, 0.25) is 5.91 Å². The third kappa shape index (κ3) is 2.74. The van der Waals surface area contributed by atoms with Crippen LogP contribution in [0.25, 0.3) is 0 Å². The van der Waals surface area contributed by atoms with Crippen molar-refractivity contribution in [2.24, 2.45) is 11.3 Å². The molecule has 0 bridgehead atoms. The molecule has 15 heavy (non-hydrogen) atoms. The van der Waals surface area contributed by atoms with Gasteiger partial charge in [-0.1, -0.05) is 29.8 Å². The Morgan fingerprint density at radius 1 is 1.27 bits per heavy atom. The van der Waals surface area contributed by atoms with E-state index in [0.717, 1.165) is 19.3 Å². The van der Waals surface area contributed by atoms with Crippen LogP contribution in [0.1, 0.15) is 46.0 Å². The highest BCUT2D eigenvalue weighted by Crippen LogP contribution is 2.51. The van der Waals surface area contributed by atoms with Crippen molar-refractivity contribution in [3.05, 3.63) is 0 Å². The monoisotopic (exact) mass is 273 g/mol. The van der Waals surface area contributed by atoms with Gasteiger partial charge >= 0.3 is 0 Å². The van der Waals surface area contributed by atoms with Gasteiger partial charge in [0.15, 0.2) is 0 Å². The number of rotatable bonds is 2. The highest BCUT2D eigenvalue weighted by atomic mass is 79.9. The number of carbonyl (C=O) groups is 1. The Labute approximate surface area is 100 Å². The Kier molecular flexibility index (Phi) is 3.11. The molecule has 1 atom stereocenters. The SMILES string of the molecule is CC1(C)CC1C(=O)NC1CCC(Br)CC1.